The van der Waals surface area contributed by atoms with Crippen molar-refractivity contribution < 1.29 is 4.79 Å². The molecule has 0 saturated carbocycles. The molecule has 0 aromatic heterocycles. The molecule has 0 spiro atoms. The molecule has 1 aliphatic heterocycles. The fraction of sp³-hybridized carbons (Fsp3) is 0.833. The zero-order chi connectivity index (χ0) is 7.40. The number of hydrogen-bond donors (Lipinski definition) is 0. The second-order valence-corrected chi connectivity index (χ2v) is 3.61. The number of alkyl halides is 1. The van der Waals surface area contributed by atoms with E-state index >= 15 is 0 Å². The van der Waals surface area contributed by atoms with E-state index in [1.165, 1.54) is 0 Å². The molecule has 0 bridgehead atoms. The maximum Gasteiger partial charge on any atom is 0.232 e. The van der Waals surface area contributed by atoms with E-state index in [-0.39, 0.29) is 5.91 Å². The van der Waals surface area contributed by atoms with E-state index in [0.717, 1.165) is 12.3 Å². The molecular formula is C6H10ClNOS. The smallest absolute Gasteiger partial charge is 0.232 e. The van der Waals surface area contributed by atoms with Gasteiger partial charge in [-0.1, -0.05) is 0 Å². The first-order valence-electron chi connectivity index (χ1n) is 3.26. The van der Waals surface area contributed by atoms with E-state index in [0.29, 0.717) is 18.2 Å². The quantitative estimate of drug-likeness (QED) is 0.585. The minimum absolute atomic E-state index is 0.233. The van der Waals surface area contributed by atoms with Crippen LogP contribution in [0, 0.1) is 0 Å². The third-order valence-corrected chi connectivity index (χ3v) is 2.53. The molecule has 0 N–H and O–H groups in total. The summed E-state index contributed by atoms with van der Waals surface area (Å²) in [5, 5.41) is 0. The highest BCUT2D eigenvalue weighted by Gasteiger charge is 2.16. The van der Waals surface area contributed by atoms with E-state index in [1.54, 1.807) is 11.8 Å². The van der Waals surface area contributed by atoms with Crippen LogP contribution in [0.25, 0.3) is 0 Å². The lowest BCUT2D eigenvalue weighted by molar-refractivity contribution is -0.128. The van der Waals surface area contributed by atoms with Crippen LogP contribution < -0.4 is 0 Å². The molecule has 1 saturated heterocycles. The summed E-state index contributed by atoms with van der Waals surface area (Å²) in [7, 11) is 0. The first kappa shape index (κ1) is 8.21. The van der Waals surface area contributed by atoms with Crippen LogP contribution in [0.1, 0.15) is 0 Å². The van der Waals surface area contributed by atoms with Crippen LogP contribution in [0.2, 0.25) is 0 Å². The maximum absolute atomic E-state index is 11.0. The summed E-state index contributed by atoms with van der Waals surface area (Å²) in [6.45, 7) is 1.58. The third kappa shape index (κ3) is 2.06. The molecule has 0 aliphatic carbocycles. The van der Waals surface area contributed by atoms with Crippen molar-refractivity contribution in [1.82, 2.24) is 4.90 Å². The fourth-order valence-corrected chi connectivity index (χ4v) is 1.94. The number of halogens is 1. The third-order valence-electron chi connectivity index (χ3n) is 1.44. The average Bonchev–Trinajstić information content (AvgIpc) is 1.94. The predicted molar refractivity (Wildman–Crippen MR) is 44.6 cm³/mol. The Hall–Kier alpha value is 0.110. The van der Waals surface area contributed by atoms with Crippen molar-refractivity contribution in [2.75, 3.05) is 30.5 Å². The highest BCUT2D eigenvalue weighted by Crippen LogP contribution is 2.09. The zero-order valence-electron chi connectivity index (χ0n) is 5.68. The maximum atomic E-state index is 11.0. The number of nitrogens with zero attached hydrogens (tertiary/aromatic N) is 1. The lowest BCUT2D eigenvalue weighted by Crippen LogP contribution is -2.39. The molecule has 1 rings (SSSR count). The average molecular weight is 180 g/mol. The second-order valence-electron chi connectivity index (χ2n) is 2.12. The number of carbonyl (C=O) groups is 1. The van der Waals surface area contributed by atoms with Gasteiger partial charge in [-0.2, -0.15) is 11.8 Å². The number of thioether (sulfide) groups is 1. The summed E-state index contributed by atoms with van der Waals surface area (Å²) < 4.78 is 0. The van der Waals surface area contributed by atoms with Crippen LogP contribution in [-0.2, 0) is 4.79 Å². The van der Waals surface area contributed by atoms with Crippen molar-refractivity contribution in [1.29, 1.82) is 0 Å². The Morgan fingerprint density at radius 1 is 1.70 bits per heavy atom. The van der Waals surface area contributed by atoms with Crippen LogP contribution in [-0.4, -0.2) is 41.3 Å². The minimum atomic E-state index is 0.233. The number of hydrogen-bond acceptors (Lipinski definition) is 2. The van der Waals surface area contributed by atoms with Crippen molar-refractivity contribution in [2.45, 2.75) is 0 Å². The van der Waals surface area contributed by atoms with Crippen LogP contribution >= 0.6 is 23.4 Å². The summed E-state index contributed by atoms with van der Waals surface area (Å²) in [5.74, 6) is 2.48. The van der Waals surface area contributed by atoms with E-state index < -0.39 is 0 Å². The molecular weight excluding hydrogens is 170 g/mol. The summed E-state index contributed by atoms with van der Waals surface area (Å²) in [6, 6.07) is 0. The monoisotopic (exact) mass is 179 g/mol. The Balaban J connectivity index is 2.32. The Morgan fingerprint density at radius 2 is 2.50 bits per heavy atom. The summed E-state index contributed by atoms with van der Waals surface area (Å²) in [6.07, 6.45) is 0. The van der Waals surface area contributed by atoms with Gasteiger partial charge in [-0.3, -0.25) is 4.79 Å². The van der Waals surface area contributed by atoms with Crippen LogP contribution in [0.5, 0.6) is 0 Å². The van der Waals surface area contributed by atoms with Gasteiger partial charge in [0.1, 0.15) is 0 Å². The SMILES string of the molecule is O=C1CSCCN1CCCl. The van der Waals surface area contributed by atoms with Crippen LogP contribution in [0.3, 0.4) is 0 Å². The molecule has 0 aromatic rings. The van der Waals surface area contributed by atoms with Crippen molar-refractivity contribution in [2.24, 2.45) is 0 Å². The molecule has 1 amide bonds. The molecule has 4 heteroatoms. The van der Waals surface area contributed by atoms with Gasteiger partial charge in [0.15, 0.2) is 0 Å². The Kier molecular flexibility index (Phi) is 3.35. The molecule has 0 unspecified atom stereocenters. The first-order chi connectivity index (χ1) is 4.84. The lowest BCUT2D eigenvalue weighted by Gasteiger charge is -2.25. The second kappa shape index (κ2) is 4.09. The number of carbonyl (C=O) groups excluding carboxylic acids is 1. The standard InChI is InChI=1S/C6H10ClNOS/c7-1-2-8-3-4-10-5-6(8)9/h1-5H2. The highest BCUT2D eigenvalue weighted by atomic mass is 35.5. The van der Waals surface area contributed by atoms with Gasteiger partial charge in [0, 0.05) is 24.7 Å². The topological polar surface area (TPSA) is 20.3 Å². The highest BCUT2D eigenvalue weighted by molar-refractivity contribution is 8.00. The van der Waals surface area contributed by atoms with E-state index in [4.69, 9.17) is 11.6 Å². The molecule has 1 heterocycles. The number of rotatable bonds is 2. The fourth-order valence-electron chi connectivity index (χ4n) is 0.889. The van der Waals surface area contributed by atoms with E-state index in [9.17, 15) is 4.79 Å². The van der Waals surface area contributed by atoms with Crippen molar-refractivity contribution in [3.63, 3.8) is 0 Å². The van der Waals surface area contributed by atoms with E-state index in [1.807, 2.05) is 4.90 Å². The molecule has 58 valence electrons. The zero-order valence-corrected chi connectivity index (χ0v) is 7.25. The molecule has 1 fully saturated rings. The predicted octanol–water partition coefficient (Wildman–Crippen LogP) is 0.801. The van der Waals surface area contributed by atoms with Gasteiger partial charge in [0.25, 0.3) is 0 Å². The first-order valence-corrected chi connectivity index (χ1v) is 4.95. The number of amides is 1. The minimum Gasteiger partial charge on any atom is -0.340 e. The molecule has 10 heavy (non-hydrogen) atoms. The van der Waals surface area contributed by atoms with Gasteiger partial charge < -0.3 is 4.90 Å². The molecule has 2 nitrogen and oxygen atoms in total. The lowest BCUT2D eigenvalue weighted by atomic mass is 10.5. The van der Waals surface area contributed by atoms with Gasteiger partial charge in [-0.15, -0.1) is 11.6 Å². The van der Waals surface area contributed by atoms with Gasteiger partial charge in [0.05, 0.1) is 5.75 Å². The Labute approximate surface area is 69.9 Å². The summed E-state index contributed by atoms with van der Waals surface area (Å²) in [5.41, 5.74) is 0. The Bertz CT molecular complexity index is 129. The van der Waals surface area contributed by atoms with Crippen LogP contribution in [0.15, 0.2) is 0 Å². The summed E-state index contributed by atoms with van der Waals surface area (Å²) >= 11 is 7.20. The summed E-state index contributed by atoms with van der Waals surface area (Å²) in [4.78, 5) is 12.9. The van der Waals surface area contributed by atoms with Crippen molar-refractivity contribution in [3.05, 3.63) is 0 Å². The van der Waals surface area contributed by atoms with Gasteiger partial charge in [-0.25, -0.2) is 0 Å². The van der Waals surface area contributed by atoms with E-state index in [2.05, 4.69) is 0 Å². The normalized spacial score (nSPS) is 19.7. The van der Waals surface area contributed by atoms with Crippen LogP contribution in [0.4, 0.5) is 0 Å². The largest absolute Gasteiger partial charge is 0.340 e. The molecule has 1 aliphatic rings. The van der Waals surface area contributed by atoms with Crippen molar-refractivity contribution in [3.8, 4) is 0 Å². The van der Waals surface area contributed by atoms with Gasteiger partial charge >= 0.3 is 0 Å². The molecule has 0 radical (unpaired) electrons. The molecule has 0 aromatic carbocycles. The van der Waals surface area contributed by atoms with Gasteiger partial charge in [0.2, 0.25) is 5.91 Å². The molecule has 0 atom stereocenters. The Morgan fingerprint density at radius 3 is 3.10 bits per heavy atom. The van der Waals surface area contributed by atoms with Gasteiger partial charge in [-0.05, 0) is 0 Å². The van der Waals surface area contributed by atoms with Crippen molar-refractivity contribution >= 4 is 29.3 Å².